The monoisotopic (exact) mass is 740 g/mol. The van der Waals surface area contributed by atoms with Gasteiger partial charge in [0.2, 0.25) is 15.7 Å². The fourth-order valence-electron chi connectivity index (χ4n) is 7.75. The smallest absolute Gasteiger partial charge is 0.228 e. The lowest BCUT2D eigenvalue weighted by Crippen LogP contribution is -2.03. The molecule has 264 valence electrons. The molecule has 0 fully saturated rings. The molecule has 7 nitrogen and oxygen atoms in total. The van der Waals surface area contributed by atoms with Crippen LogP contribution in [0.2, 0.25) is 0 Å². The van der Waals surface area contributed by atoms with Gasteiger partial charge in [-0.1, -0.05) is 91.0 Å². The second-order valence-corrected chi connectivity index (χ2v) is 15.4. The van der Waals surface area contributed by atoms with Gasteiger partial charge in [-0.15, -0.1) is 0 Å². The molecule has 3 aromatic heterocycles. The van der Waals surface area contributed by atoms with Crippen molar-refractivity contribution in [3.8, 4) is 39.8 Å². The zero-order chi connectivity index (χ0) is 37.8. The van der Waals surface area contributed by atoms with Crippen LogP contribution in [0.15, 0.2) is 178 Å². The Balaban J connectivity index is 1.30. The molecular weight excluding hydrogens is 713 g/mol. The van der Waals surface area contributed by atoms with E-state index in [4.69, 9.17) is 14.4 Å². The Kier molecular flexibility index (Phi) is 7.77. The maximum absolute atomic E-state index is 13.9. The lowest BCUT2D eigenvalue weighted by molar-refractivity contribution is 0.603. The van der Waals surface area contributed by atoms with Crippen molar-refractivity contribution in [3.05, 3.63) is 175 Å². The van der Waals surface area contributed by atoms with E-state index in [9.17, 15) is 13.7 Å². The molecule has 0 saturated carbocycles. The van der Waals surface area contributed by atoms with Gasteiger partial charge in [0.05, 0.1) is 21.5 Å². The highest BCUT2D eigenvalue weighted by molar-refractivity contribution is 7.95. The largest absolute Gasteiger partial charge is 0.436 e. The summed E-state index contributed by atoms with van der Waals surface area (Å²) in [6, 6.07) is 50.1. The number of rotatable bonds is 6. The zero-order valence-corrected chi connectivity index (χ0v) is 30.4. The van der Waals surface area contributed by atoms with Gasteiger partial charge in [-0.2, -0.15) is 5.26 Å². The molecular formula is C48H28N4O3S. The first-order valence-electron chi connectivity index (χ1n) is 18.0. The van der Waals surface area contributed by atoms with Gasteiger partial charge < -0.3 is 4.42 Å². The Bertz CT molecular complexity index is 3310. The maximum atomic E-state index is 13.9. The lowest BCUT2D eigenvalue weighted by Gasteiger charge is -2.18. The van der Waals surface area contributed by atoms with E-state index in [0.29, 0.717) is 17.0 Å². The average molecular weight is 741 g/mol. The van der Waals surface area contributed by atoms with Gasteiger partial charge in [-0.05, 0) is 116 Å². The second kappa shape index (κ2) is 13.1. The minimum absolute atomic E-state index is 0.0510. The Labute approximate surface area is 321 Å². The van der Waals surface area contributed by atoms with Gasteiger partial charge in [0.15, 0.2) is 5.58 Å². The van der Waals surface area contributed by atoms with Crippen LogP contribution in [0, 0.1) is 11.3 Å². The molecule has 7 aromatic carbocycles. The van der Waals surface area contributed by atoms with Crippen LogP contribution in [-0.2, 0) is 9.84 Å². The van der Waals surface area contributed by atoms with E-state index < -0.39 is 9.84 Å². The van der Waals surface area contributed by atoms with Crippen LogP contribution in [-0.4, -0.2) is 23.4 Å². The fraction of sp³-hybridized carbons (Fsp3) is 0. The molecule has 0 aliphatic carbocycles. The molecule has 0 unspecified atom stereocenters. The molecule has 0 amide bonds. The number of oxazole rings is 1. The van der Waals surface area contributed by atoms with Crippen molar-refractivity contribution < 1.29 is 12.8 Å². The summed E-state index contributed by atoms with van der Waals surface area (Å²) < 4.78 is 34.1. The molecule has 10 rings (SSSR count). The van der Waals surface area contributed by atoms with Crippen LogP contribution in [0.1, 0.15) is 5.56 Å². The summed E-state index contributed by atoms with van der Waals surface area (Å²) in [7, 11) is -4.12. The number of hydrogen-bond acceptors (Lipinski definition) is 7. The number of para-hydroxylation sites is 2. The molecule has 10 aromatic rings. The molecule has 0 spiro atoms. The molecule has 56 heavy (non-hydrogen) atoms. The van der Waals surface area contributed by atoms with Gasteiger partial charge in [0, 0.05) is 23.2 Å². The summed E-state index contributed by atoms with van der Waals surface area (Å²) >= 11 is 0. The van der Waals surface area contributed by atoms with Crippen LogP contribution in [0.3, 0.4) is 0 Å². The molecule has 0 aliphatic heterocycles. The first kappa shape index (κ1) is 33.1. The lowest BCUT2D eigenvalue weighted by atomic mass is 9.86. The summed E-state index contributed by atoms with van der Waals surface area (Å²) in [5.41, 5.74) is 7.95. The van der Waals surface area contributed by atoms with Crippen LogP contribution < -0.4 is 0 Å². The van der Waals surface area contributed by atoms with Gasteiger partial charge in [-0.3, -0.25) is 9.97 Å². The van der Waals surface area contributed by atoms with Crippen molar-refractivity contribution in [2.75, 3.05) is 0 Å². The van der Waals surface area contributed by atoms with Crippen LogP contribution in [0.5, 0.6) is 0 Å². The number of aromatic nitrogens is 3. The number of sulfone groups is 1. The third-order valence-corrected chi connectivity index (χ3v) is 11.9. The third-order valence-electron chi connectivity index (χ3n) is 10.2. The number of fused-ring (bicyclic) bond motifs is 6. The van der Waals surface area contributed by atoms with E-state index in [-0.39, 0.29) is 9.80 Å². The number of benzene rings is 7. The molecule has 0 N–H and O–H groups in total. The standard InChI is InChI=1S/C48H28N4O3S/c49-29-35(56(53,54)34-13-2-1-3-14-34)26-30-24-32(41-28-31-12-10-22-50-46(31)47-40(41)19-11-23-51-47)27-33(25-30)44-36-15-4-6-17-38(36)45(39-18-7-5-16-37(39)44)48-52-42-20-8-9-21-43(42)55-48/h1-28H/b35-26+. The van der Waals surface area contributed by atoms with Crippen LogP contribution >= 0.6 is 0 Å². The highest BCUT2D eigenvalue weighted by atomic mass is 32.2. The Morgan fingerprint density at radius 3 is 1.93 bits per heavy atom. The molecule has 3 heterocycles. The topological polar surface area (TPSA) is 110 Å². The van der Waals surface area contributed by atoms with E-state index in [0.717, 1.165) is 76.7 Å². The van der Waals surface area contributed by atoms with Crippen molar-refractivity contribution in [2.45, 2.75) is 4.90 Å². The minimum atomic E-state index is -4.12. The quantitative estimate of drug-likeness (QED) is 0.0948. The first-order valence-corrected chi connectivity index (χ1v) is 19.5. The van der Waals surface area contributed by atoms with Crippen LogP contribution in [0.4, 0.5) is 0 Å². The van der Waals surface area contributed by atoms with Crippen molar-refractivity contribution in [1.82, 2.24) is 15.0 Å². The van der Waals surface area contributed by atoms with Gasteiger partial charge >= 0.3 is 0 Å². The molecule has 8 heteroatoms. The van der Waals surface area contributed by atoms with Gasteiger partial charge in [-0.25, -0.2) is 13.4 Å². The summed E-state index contributed by atoms with van der Waals surface area (Å²) in [5.74, 6) is 0.524. The average Bonchev–Trinajstić information content (AvgIpc) is 3.68. The molecule has 0 saturated heterocycles. The van der Waals surface area contributed by atoms with E-state index >= 15 is 0 Å². The predicted molar refractivity (Wildman–Crippen MR) is 223 cm³/mol. The van der Waals surface area contributed by atoms with Crippen molar-refractivity contribution in [1.29, 1.82) is 5.26 Å². The SMILES string of the molecule is N#C/C(=C\c1cc(-c2c3ccccc3c(-c3nc4ccccc4o3)c3ccccc23)cc(-c2cc3cccnc3c3ncccc23)c1)S(=O)(=O)c1ccccc1. The van der Waals surface area contributed by atoms with Crippen molar-refractivity contribution >= 4 is 70.4 Å². The normalized spacial score (nSPS) is 12.2. The molecule has 0 atom stereocenters. The summed E-state index contributed by atoms with van der Waals surface area (Å²) in [6.07, 6.45) is 4.99. The highest BCUT2D eigenvalue weighted by Crippen LogP contribution is 2.45. The molecule has 0 radical (unpaired) electrons. The van der Waals surface area contributed by atoms with Crippen molar-refractivity contribution in [2.24, 2.45) is 0 Å². The van der Waals surface area contributed by atoms with Crippen molar-refractivity contribution in [3.63, 3.8) is 0 Å². The van der Waals surface area contributed by atoms with Gasteiger partial charge in [0.1, 0.15) is 16.5 Å². The number of nitrogens with zero attached hydrogens (tertiary/aromatic N) is 4. The summed E-state index contributed by atoms with van der Waals surface area (Å²) in [5, 5.41) is 16.0. The fourth-order valence-corrected chi connectivity index (χ4v) is 8.93. The van der Waals surface area contributed by atoms with E-state index in [1.54, 1.807) is 30.6 Å². The van der Waals surface area contributed by atoms with Gasteiger partial charge in [0.25, 0.3) is 0 Å². The first-order chi connectivity index (χ1) is 27.5. The highest BCUT2D eigenvalue weighted by Gasteiger charge is 2.23. The minimum Gasteiger partial charge on any atom is -0.436 e. The van der Waals surface area contributed by atoms with E-state index in [2.05, 4.69) is 41.4 Å². The van der Waals surface area contributed by atoms with E-state index in [1.807, 2.05) is 91.0 Å². The van der Waals surface area contributed by atoms with E-state index in [1.165, 1.54) is 18.2 Å². The summed E-state index contributed by atoms with van der Waals surface area (Å²) in [4.78, 5) is 14.0. The van der Waals surface area contributed by atoms with Crippen LogP contribution in [0.25, 0.3) is 94.2 Å². The molecule has 0 bridgehead atoms. The summed E-state index contributed by atoms with van der Waals surface area (Å²) in [6.45, 7) is 0. The Morgan fingerprint density at radius 2 is 1.21 bits per heavy atom. The second-order valence-electron chi connectivity index (χ2n) is 13.5. The number of hydrogen-bond donors (Lipinski definition) is 0. The molecule has 0 aliphatic rings. The Hall–Kier alpha value is -7.47. The number of pyridine rings is 2. The number of allylic oxidation sites excluding steroid dienone is 1. The zero-order valence-electron chi connectivity index (χ0n) is 29.6. The number of nitriles is 1. The Morgan fingerprint density at radius 1 is 0.607 bits per heavy atom. The predicted octanol–water partition coefficient (Wildman–Crippen LogP) is 11.6. The maximum Gasteiger partial charge on any atom is 0.228 e. The third kappa shape index (κ3) is 5.41.